The molecule has 1 aromatic carbocycles. The molecule has 0 heterocycles. The van der Waals surface area contributed by atoms with Crippen LogP contribution in [0.2, 0.25) is 0 Å². The monoisotopic (exact) mass is 249 g/mol. The van der Waals surface area contributed by atoms with Gasteiger partial charge in [0, 0.05) is 6.07 Å². The number of hydrogen-bond donors (Lipinski definition) is 0. The van der Waals surface area contributed by atoms with E-state index in [0.29, 0.717) is 6.07 Å². The molecule has 0 aliphatic heterocycles. The summed E-state index contributed by atoms with van der Waals surface area (Å²) >= 11 is 0. The van der Waals surface area contributed by atoms with Crippen LogP contribution in [-0.4, -0.2) is 24.0 Å². The van der Waals surface area contributed by atoms with Crippen molar-refractivity contribution in [2.45, 2.75) is 6.18 Å². The standard InChI is InChI=1S/C9H6F3NO4/c1-17-5-2-3-7(13(15)16)6(4-5)8(14)9(10,11)12/h2-4H,1H3. The second kappa shape index (κ2) is 4.40. The van der Waals surface area contributed by atoms with E-state index >= 15 is 0 Å². The molecule has 0 radical (unpaired) electrons. The molecule has 0 atom stereocenters. The van der Waals surface area contributed by atoms with E-state index in [1.165, 1.54) is 7.11 Å². The Morgan fingerprint density at radius 1 is 1.41 bits per heavy atom. The number of methoxy groups -OCH3 is 1. The van der Waals surface area contributed by atoms with Gasteiger partial charge in [0.05, 0.1) is 12.0 Å². The predicted molar refractivity (Wildman–Crippen MR) is 50.0 cm³/mol. The third kappa shape index (κ3) is 2.71. The molecule has 0 aliphatic rings. The van der Waals surface area contributed by atoms with Gasteiger partial charge in [-0.3, -0.25) is 14.9 Å². The average Bonchev–Trinajstić information content (AvgIpc) is 2.25. The van der Waals surface area contributed by atoms with Crippen molar-refractivity contribution >= 4 is 11.5 Å². The molecule has 0 saturated carbocycles. The molecule has 5 nitrogen and oxygen atoms in total. The van der Waals surface area contributed by atoms with Crippen LogP contribution in [0, 0.1) is 10.1 Å². The van der Waals surface area contributed by atoms with E-state index in [9.17, 15) is 28.1 Å². The van der Waals surface area contributed by atoms with Gasteiger partial charge < -0.3 is 4.74 Å². The zero-order valence-corrected chi connectivity index (χ0v) is 8.45. The van der Waals surface area contributed by atoms with Gasteiger partial charge >= 0.3 is 6.18 Å². The Kier molecular flexibility index (Phi) is 3.35. The Labute approximate surface area is 93.0 Å². The SMILES string of the molecule is COc1ccc([N+](=O)[O-])c(C(=O)C(F)(F)F)c1. The highest BCUT2D eigenvalue weighted by molar-refractivity contribution is 6.03. The Balaban J connectivity index is 3.37. The second-order valence-electron chi connectivity index (χ2n) is 2.97. The molecule has 0 bridgehead atoms. The number of Topliss-reactive ketones (excluding diaryl/α,β-unsaturated/α-hetero) is 1. The van der Waals surface area contributed by atoms with Crippen molar-refractivity contribution in [1.82, 2.24) is 0 Å². The third-order valence-electron chi connectivity index (χ3n) is 1.90. The van der Waals surface area contributed by atoms with E-state index in [0.717, 1.165) is 12.1 Å². The molecule has 8 heteroatoms. The quantitative estimate of drug-likeness (QED) is 0.468. The molecule has 0 aliphatic carbocycles. The molecular formula is C9H6F3NO4. The fourth-order valence-electron chi connectivity index (χ4n) is 1.14. The molecule has 0 spiro atoms. The van der Waals surface area contributed by atoms with Crippen molar-refractivity contribution in [3.8, 4) is 5.75 Å². The van der Waals surface area contributed by atoms with Crippen LogP contribution in [0.25, 0.3) is 0 Å². The van der Waals surface area contributed by atoms with E-state index in [1.54, 1.807) is 0 Å². The maximum Gasteiger partial charge on any atom is 0.455 e. The van der Waals surface area contributed by atoms with E-state index in [4.69, 9.17) is 0 Å². The van der Waals surface area contributed by atoms with Crippen LogP contribution >= 0.6 is 0 Å². The number of nitro benzene ring substituents is 1. The number of nitrogens with zero attached hydrogens (tertiary/aromatic N) is 1. The summed E-state index contributed by atoms with van der Waals surface area (Å²) in [5, 5.41) is 10.5. The van der Waals surface area contributed by atoms with Crippen molar-refractivity contribution in [2.24, 2.45) is 0 Å². The van der Waals surface area contributed by atoms with Gasteiger partial charge in [0.2, 0.25) is 0 Å². The molecule has 17 heavy (non-hydrogen) atoms. The van der Waals surface area contributed by atoms with Crippen molar-refractivity contribution in [3.05, 3.63) is 33.9 Å². The van der Waals surface area contributed by atoms with Crippen LogP contribution in [0.3, 0.4) is 0 Å². The first kappa shape index (κ1) is 12.9. The van der Waals surface area contributed by atoms with Crippen LogP contribution < -0.4 is 4.74 Å². The van der Waals surface area contributed by atoms with Crippen molar-refractivity contribution in [2.75, 3.05) is 7.11 Å². The molecule has 92 valence electrons. The van der Waals surface area contributed by atoms with Gasteiger partial charge in [-0.25, -0.2) is 0 Å². The Hall–Kier alpha value is -2.12. The predicted octanol–water partition coefficient (Wildman–Crippen LogP) is 2.35. The highest BCUT2D eigenvalue weighted by Gasteiger charge is 2.42. The van der Waals surface area contributed by atoms with E-state index < -0.39 is 28.1 Å². The molecule has 0 unspecified atom stereocenters. The lowest BCUT2D eigenvalue weighted by molar-refractivity contribution is -0.385. The summed E-state index contributed by atoms with van der Waals surface area (Å²) in [6, 6.07) is 2.58. The topological polar surface area (TPSA) is 69.4 Å². The number of ketones is 1. The summed E-state index contributed by atoms with van der Waals surface area (Å²) < 4.78 is 41.2. The number of carbonyl (C=O) groups is 1. The zero-order valence-electron chi connectivity index (χ0n) is 8.45. The van der Waals surface area contributed by atoms with E-state index in [-0.39, 0.29) is 5.75 Å². The van der Waals surface area contributed by atoms with Crippen molar-refractivity contribution in [3.63, 3.8) is 0 Å². The first-order valence-corrected chi connectivity index (χ1v) is 4.21. The number of halogens is 3. The molecular weight excluding hydrogens is 243 g/mol. The highest BCUT2D eigenvalue weighted by Crippen LogP contribution is 2.30. The number of ether oxygens (including phenoxy) is 1. The molecule has 0 amide bonds. The van der Waals surface area contributed by atoms with Gasteiger partial charge in [-0.05, 0) is 12.1 Å². The molecule has 0 N–H and O–H groups in total. The van der Waals surface area contributed by atoms with Gasteiger partial charge in [0.15, 0.2) is 0 Å². The maximum absolute atomic E-state index is 12.2. The maximum atomic E-state index is 12.2. The van der Waals surface area contributed by atoms with Gasteiger partial charge in [0.25, 0.3) is 11.5 Å². The lowest BCUT2D eigenvalue weighted by Gasteiger charge is -2.07. The Morgan fingerprint density at radius 3 is 2.41 bits per heavy atom. The summed E-state index contributed by atoms with van der Waals surface area (Å²) in [7, 11) is 1.17. The molecule has 0 aromatic heterocycles. The van der Waals surface area contributed by atoms with Gasteiger partial charge in [-0.1, -0.05) is 0 Å². The molecule has 1 aromatic rings. The molecule has 0 saturated heterocycles. The van der Waals surface area contributed by atoms with Gasteiger partial charge in [0.1, 0.15) is 11.3 Å². The molecule has 0 fully saturated rings. The summed E-state index contributed by atoms with van der Waals surface area (Å²) in [5.41, 5.74) is -1.95. The van der Waals surface area contributed by atoms with Crippen LogP contribution in [0.5, 0.6) is 5.75 Å². The normalized spacial score (nSPS) is 11.1. The first-order chi connectivity index (χ1) is 7.77. The minimum absolute atomic E-state index is 0.0665. The van der Waals surface area contributed by atoms with Crippen molar-refractivity contribution in [1.29, 1.82) is 0 Å². The van der Waals surface area contributed by atoms with Crippen LogP contribution in [0.4, 0.5) is 18.9 Å². The highest BCUT2D eigenvalue weighted by atomic mass is 19.4. The second-order valence-corrected chi connectivity index (χ2v) is 2.97. The Morgan fingerprint density at radius 2 is 2.00 bits per heavy atom. The van der Waals surface area contributed by atoms with E-state index in [1.807, 2.05) is 0 Å². The summed E-state index contributed by atoms with van der Waals surface area (Å²) in [6.45, 7) is 0. The zero-order chi connectivity index (χ0) is 13.2. The van der Waals surface area contributed by atoms with Gasteiger partial charge in [-0.15, -0.1) is 0 Å². The number of rotatable bonds is 3. The first-order valence-electron chi connectivity index (χ1n) is 4.21. The lowest BCUT2D eigenvalue weighted by atomic mass is 10.1. The Bertz CT molecular complexity index is 470. The smallest absolute Gasteiger partial charge is 0.455 e. The van der Waals surface area contributed by atoms with Crippen LogP contribution in [0.15, 0.2) is 18.2 Å². The molecule has 1 rings (SSSR count). The lowest BCUT2D eigenvalue weighted by Crippen LogP contribution is -2.23. The van der Waals surface area contributed by atoms with Crippen LogP contribution in [-0.2, 0) is 0 Å². The number of hydrogen-bond acceptors (Lipinski definition) is 4. The van der Waals surface area contributed by atoms with Gasteiger partial charge in [-0.2, -0.15) is 13.2 Å². The fraction of sp³-hybridized carbons (Fsp3) is 0.222. The summed E-state index contributed by atoms with van der Waals surface area (Å²) in [6.07, 6.45) is -5.17. The van der Waals surface area contributed by atoms with Crippen LogP contribution in [0.1, 0.15) is 10.4 Å². The summed E-state index contributed by atoms with van der Waals surface area (Å²) in [4.78, 5) is 20.4. The number of benzene rings is 1. The third-order valence-corrected chi connectivity index (χ3v) is 1.90. The largest absolute Gasteiger partial charge is 0.497 e. The fourth-order valence-corrected chi connectivity index (χ4v) is 1.14. The average molecular weight is 249 g/mol. The number of nitro groups is 1. The number of alkyl halides is 3. The number of carbonyl (C=O) groups excluding carboxylic acids is 1. The minimum atomic E-state index is -5.17. The summed E-state index contributed by atoms with van der Waals surface area (Å²) in [5.74, 6) is -2.34. The van der Waals surface area contributed by atoms with E-state index in [2.05, 4.69) is 4.74 Å². The minimum Gasteiger partial charge on any atom is -0.497 e. The van der Waals surface area contributed by atoms with Crippen molar-refractivity contribution < 1.29 is 27.6 Å².